The molecule has 0 spiro atoms. The maximum absolute atomic E-state index is 11.4. The monoisotopic (exact) mass is 225 g/mol. The molecule has 0 saturated carbocycles. The zero-order valence-electron chi connectivity index (χ0n) is 10.1. The number of ether oxygens (including phenoxy) is 1. The molecule has 0 radical (unpaired) electrons. The van der Waals surface area contributed by atoms with Crippen LogP contribution in [-0.2, 0) is 16.1 Å². The standard InChI is InChI=1S/C11H19N3O2/c1-4-12-10(11(15)16-3)6-8-14-9(2)5-7-13-14/h5,7,10,12H,4,6,8H2,1-3H3. The van der Waals surface area contributed by atoms with E-state index in [0.29, 0.717) is 13.0 Å². The van der Waals surface area contributed by atoms with E-state index in [-0.39, 0.29) is 12.0 Å². The second-order valence-electron chi connectivity index (χ2n) is 3.62. The maximum Gasteiger partial charge on any atom is 0.322 e. The fourth-order valence-electron chi connectivity index (χ4n) is 1.58. The Bertz CT molecular complexity index is 336. The summed E-state index contributed by atoms with van der Waals surface area (Å²) in [6.07, 6.45) is 2.44. The average Bonchev–Trinajstić information content (AvgIpc) is 2.69. The maximum atomic E-state index is 11.4. The molecule has 1 aromatic rings. The number of hydrogen-bond acceptors (Lipinski definition) is 4. The lowest BCUT2D eigenvalue weighted by molar-refractivity contribution is -0.143. The molecule has 0 bridgehead atoms. The molecular formula is C11H19N3O2. The van der Waals surface area contributed by atoms with Gasteiger partial charge in [-0.2, -0.15) is 5.10 Å². The number of carbonyl (C=O) groups excluding carboxylic acids is 1. The lowest BCUT2D eigenvalue weighted by Gasteiger charge is -2.15. The van der Waals surface area contributed by atoms with E-state index < -0.39 is 0 Å². The van der Waals surface area contributed by atoms with Crippen molar-refractivity contribution in [3.05, 3.63) is 18.0 Å². The number of aryl methyl sites for hydroxylation is 2. The van der Waals surface area contributed by atoms with Gasteiger partial charge in [-0.15, -0.1) is 0 Å². The SMILES string of the molecule is CCNC(CCn1nccc1C)C(=O)OC. The molecule has 0 aromatic carbocycles. The summed E-state index contributed by atoms with van der Waals surface area (Å²) >= 11 is 0. The molecule has 1 unspecified atom stereocenters. The summed E-state index contributed by atoms with van der Waals surface area (Å²) < 4.78 is 6.62. The molecule has 0 aliphatic carbocycles. The number of carbonyl (C=O) groups is 1. The van der Waals surface area contributed by atoms with Gasteiger partial charge in [-0.25, -0.2) is 0 Å². The van der Waals surface area contributed by atoms with Crippen LogP contribution in [0.2, 0.25) is 0 Å². The van der Waals surface area contributed by atoms with Crippen molar-refractivity contribution in [2.75, 3.05) is 13.7 Å². The summed E-state index contributed by atoms with van der Waals surface area (Å²) in [5.41, 5.74) is 1.10. The minimum Gasteiger partial charge on any atom is -0.468 e. The fourth-order valence-corrected chi connectivity index (χ4v) is 1.58. The molecule has 0 aliphatic rings. The van der Waals surface area contributed by atoms with Gasteiger partial charge in [-0.1, -0.05) is 6.92 Å². The van der Waals surface area contributed by atoms with Crippen molar-refractivity contribution in [1.29, 1.82) is 0 Å². The molecule has 1 rings (SSSR count). The van der Waals surface area contributed by atoms with Crippen molar-refractivity contribution in [2.45, 2.75) is 32.9 Å². The van der Waals surface area contributed by atoms with Gasteiger partial charge in [0.2, 0.25) is 0 Å². The Morgan fingerprint density at radius 2 is 2.44 bits per heavy atom. The number of nitrogens with zero attached hydrogens (tertiary/aromatic N) is 2. The van der Waals surface area contributed by atoms with Crippen LogP contribution >= 0.6 is 0 Å². The van der Waals surface area contributed by atoms with E-state index in [9.17, 15) is 4.79 Å². The third-order valence-corrected chi connectivity index (χ3v) is 2.49. The van der Waals surface area contributed by atoms with Crippen LogP contribution in [0.1, 0.15) is 19.0 Å². The zero-order chi connectivity index (χ0) is 12.0. The second-order valence-corrected chi connectivity index (χ2v) is 3.62. The van der Waals surface area contributed by atoms with E-state index >= 15 is 0 Å². The normalized spacial score (nSPS) is 12.4. The smallest absolute Gasteiger partial charge is 0.322 e. The Morgan fingerprint density at radius 3 is 2.94 bits per heavy atom. The highest BCUT2D eigenvalue weighted by Crippen LogP contribution is 2.02. The summed E-state index contributed by atoms with van der Waals surface area (Å²) in [6, 6.07) is 1.69. The summed E-state index contributed by atoms with van der Waals surface area (Å²) in [5, 5.41) is 7.27. The van der Waals surface area contributed by atoms with Crippen LogP contribution < -0.4 is 5.32 Å². The molecule has 0 fully saturated rings. The first-order chi connectivity index (χ1) is 7.69. The molecule has 1 N–H and O–H groups in total. The van der Waals surface area contributed by atoms with Crippen molar-refractivity contribution in [2.24, 2.45) is 0 Å². The molecule has 90 valence electrons. The van der Waals surface area contributed by atoms with Crippen LogP contribution in [-0.4, -0.2) is 35.4 Å². The van der Waals surface area contributed by atoms with Crippen LogP contribution in [0.15, 0.2) is 12.3 Å². The highest BCUT2D eigenvalue weighted by molar-refractivity contribution is 5.75. The van der Waals surface area contributed by atoms with Gasteiger partial charge in [0.05, 0.1) is 7.11 Å². The highest BCUT2D eigenvalue weighted by atomic mass is 16.5. The van der Waals surface area contributed by atoms with Gasteiger partial charge in [0.15, 0.2) is 0 Å². The summed E-state index contributed by atoms with van der Waals surface area (Å²) in [4.78, 5) is 11.4. The molecular weight excluding hydrogens is 206 g/mol. The molecule has 16 heavy (non-hydrogen) atoms. The van der Waals surface area contributed by atoms with Crippen molar-refractivity contribution in [3.8, 4) is 0 Å². The van der Waals surface area contributed by atoms with Gasteiger partial charge in [0, 0.05) is 18.4 Å². The van der Waals surface area contributed by atoms with E-state index in [1.165, 1.54) is 7.11 Å². The van der Waals surface area contributed by atoms with Gasteiger partial charge in [-0.05, 0) is 26.0 Å². The zero-order valence-corrected chi connectivity index (χ0v) is 10.1. The first-order valence-electron chi connectivity index (χ1n) is 5.48. The van der Waals surface area contributed by atoms with E-state index in [2.05, 4.69) is 10.4 Å². The van der Waals surface area contributed by atoms with E-state index in [0.717, 1.165) is 12.2 Å². The number of esters is 1. The molecule has 1 heterocycles. The summed E-state index contributed by atoms with van der Waals surface area (Å²) in [5.74, 6) is -0.216. The van der Waals surface area contributed by atoms with E-state index in [1.807, 2.05) is 24.6 Å². The van der Waals surface area contributed by atoms with Crippen LogP contribution in [0.5, 0.6) is 0 Å². The lowest BCUT2D eigenvalue weighted by atomic mass is 10.2. The average molecular weight is 225 g/mol. The van der Waals surface area contributed by atoms with Crippen LogP contribution in [0, 0.1) is 6.92 Å². The van der Waals surface area contributed by atoms with Gasteiger partial charge in [-0.3, -0.25) is 9.48 Å². The number of aromatic nitrogens is 2. The fraction of sp³-hybridized carbons (Fsp3) is 0.636. The van der Waals surface area contributed by atoms with Crippen molar-refractivity contribution >= 4 is 5.97 Å². The van der Waals surface area contributed by atoms with Gasteiger partial charge >= 0.3 is 5.97 Å². The molecule has 1 aromatic heterocycles. The molecule has 0 saturated heterocycles. The predicted octanol–water partition coefficient (Wildman–Crippen LogP) is 0.733. The third-order valence-electron chi connectivity index (χ3n) is 2.49. The third kappa shape index (κ3) is 3.34. The van der Waals surface area contributed by atoms with Crippen molar-refractivity contribution < 1.29 is 9.53 Å². The Morgan fingerprint density at radius 1 is 1.69 bits per heavy atom. The highest BCUT2D eigenvalue weighted by Gasteiger charge is 2.17. The van der Waals surface area contributed by atoms with E-state index in [1.54, 1.807) is 6.20 Å². The number of nitrogens with one attached hydrogen (secondary N) is 1. The van der Waals surface area contributed by atoms with Crippen LogP contribution in [0.25, 0.3) is 0 Å². The first kappa shape index (κ1) is 12.7. The Kier molecular flexibility index (Phi) is 4.98. The Hall–Kier alpha value is -1.36. The Balaban J connectivity index is 2.50. The minimum atomic E-state index is -0.251. The van der Waals surface area contributed by atoms with Gasteiger partial charge in [0.1, 0.15) is 6.04 Å². The minimum absolute atomic E-state index is 0.216. The molecule has 0 amide bonds. The molecule has 1 atom stereocenters. The lowest BCUT2D eigenvalue weighted by Crippen LogP contribution is -2.38. The molecule has 5 nitrogen and oxygen atoms in total. The van der Waals surface area contributed by atoms with Crippen LogP contribution in [0.4, 0.5) is 0 Å². The molecule has 5 heteroatoms. The second kappa shape index (κ2) is 6.27. The largest absolute Gasteiger partial charge is 0.468 e. The van der Waals surface area contributed by atoms with Gasteiger partial charge < -0.3 is 10.1 Å². The number of hydrogen-bond donors (Lipinski definition) is 1. The number of methoxy groups -OCH3 is 1. The van der Waals surface area contributed by atoms with Gasteiger partial charge in [0.25, 0.3) is 0 Å². The van der Waals surface area contributed by atoms with Crippen molar-refractivity contribution in [3.63, 3.8) is 0 Å². The predicted molar refractivity (Wildman–Crippen MR) is 61.1 cm³/mol. The van der Waals surface area contributed by atoms with Crippen LogP contribution in [0.3, 0.4) is 0 Å². The number of rotatable bonds is 6. The van der Waals surface area contributed by atoms with Crippen molar-refractivity contribution in [1.82, 2.24) is 15.1 Å². The summed E-state index contributed by atoms with van der Waals surface area (Å²) in [7, 11) is 1.41. The Labute approximate surface area is 95.8 Å². The van der Waals surface area contributed by atoms with E-state index in [4.69, 9.17) is 4.74 Å². The quantitative estimate of drug-likeness (QED) is 0.725. The topological polar surface area (TPSA) is 56.2 Å². The first-order valence-corrected chi connectivity index (χ1v) is 5.48. The summed E-state index contributed by atoms with van der Waals surface area (Å²) in [6.45, 7) is 5.42. The molecule has 0 aliphatic heterocycles. The number of likely N-dealkylation sites (N-methyl/N-ethyl adjacent to an activating group) is 1.